The Morgan fingerprint density at radius 2 is 0.787 bits per heavy atom. The zero-order chi connectivity index (χ0) is 78.3. The van der Waals surface area contributed by atoms with E-state index in [2.05, 4.69) is 50.4 Å². The van der Waals surface area contributed by atoms with Crippen LogP contribution in [0, 0.1) is 27.0 Å². The van der Waals surface area contributed by atoms with Gasteiger partial charge in [-0.25, -0.2) is 48.3 Å². The number of carbonyl (C=O) groups excluding carboxylic acids is 1. The monoisotopic (exact) mass is 1600 g/mol. The molecular formula is C57H89ClN25O22P3+2. The smallest absolute Gasteiger partial charge is 0.365 e. The molecule has 47 nitrogen and oxygen atoms in total. The van der Waals surface area contributed by atoms with E-state index < -0.39 is 145 Å². The van der Waals surface area contributed by atoms with Crippen LogP contribution in [0.1, 0.15) is 128 Å². The highest BCUT2D eigenvalue weighted by Crippen LogP contribution is 2.48. The first kappa shape index (κ1) is 84.5. The van der Waals surface area contributed by atoms with E-state index in [0.717, 1.165) is 4.68 Å². The van der Waals surface area contributed by atoms with Crippen molar-refractivity contribution in [1.29, 1.82) is 27.0 Å². The van der Waals surface area contributed by atoms with Crippen LogP contribution in [0.5, 0.6) is 0 Å². The molecule has 22 atom stereocenters. The van der Waals surface area contributed by atoms with Gasteiger partial charge in [0.1, 0.15) is 130 Å². The molecule has 0 bridgehead atoms. The Hall–Kier alpha value is -7.54. The maximum atomic E-state index is 11.4. The van der Waals surface area contributed by atoms with Gasteiger partial charge in [0.05, 0.1) is 25.0 Å². The van der Waals surface area contributed by atoms with Crippen molar-refractivity contribution in [3.8, 4) is 0 Å². The van der Waals surface area contributed by atoms with Gasteiger partial charge in [-0.1, -0.05) is 9.13 Å². The maximum Gasteiger partial charge on any atom is 0.365 e. The normalized spacial score (nSPS) is 32.8. The van der Waals surface area contributed by atoms with Crippen LogP contribution < -0.4 is 28.7 Å². The topological polar surface area (TPSA) is 692 Å². The summed E-state index contributed by atoms with van der Waals surface area (Å²) in [5.41, 5.74) is 26.7. The molecule has 9 aliphatic rings. The van der Waals surface area contributed by atoms with Crippen LogP contribution in [-0.2, 0) is 80.1 Å². The highest BCUT2D eigenvalue weighted by molar-refractivity contribution is 7.51. The number of hydrogen-bond acceptors (Lipinski definition) is 35. The van der Waals surface area contributed by atoms with E-state index in [1.54, 1.807) is 52.9 Å². The van der Waals surface area contributed by atoms with Crippen LogP contribution in [0.25, 0.3) is 0 Å². The molecule has 0 spiro atoms. The fourth-order valence-corrected chi connectivity index (χ4v) is 14.3. The minimum Gasteiger partial charge on any atom is -0.394 e. The average Bonchev–Trinajstić information content (AvgIpc) is 1.63. The molecule has 108 heavy (non-hydrogen) atoms. The predicted octanol–water partition coefficient (Wildman–Crippen LogP) is -1.90. The molecule has 14 rings (SSSR count). The number of nitrogens with zero attached hydrogens (tertiary/aromatic N) is 15. The fourth-order valence-electron chi connectivity index (χ4n) is 12.6. The SMILES string of the molecule is CC1(C)OC2C(C=O)OC(n3cnc(C(=N)N)n3)C2O1.CC1(C)OC2C(CO)OC(n3cnc(C(=N)N)n3)C2O1.C[P+](=O)/C=C/C1OC(n2cnc(C(=N)N)n2)C2OC(C)(C)OC12.C[P+](=O)CCC1OC(n2cnc(C(=N)N)n2)C2OC(C)(C)OC12.Cl.N=C(N)c1ncn(C2OC(CCP(=O)(O)O)C(O)C2O)n1. The number of hydrogen-bond donors (Lipinski definition) is 15. The number of aldehydes is 1. The second-order valence-electron chi connectivity index (χ2n) is 27.3. The van der Waals surface area contributed by atoms with Crippen molar-refractivity contribution in [1.82, 2.24) is 73.8 Å². The summed E-state index contributed by atoms with van der Waals surface area (Å²) in [7, 11) is -6.87. The van der Waals surface area contributed by atoms with E-state index in [1.807, 2.05) is 27.7 Å². The van der Waals surface area contributed by atoms with Crippen molar-refractivity contribution in [2.24, 2.45) is 28.7 Å². The van der Waals surface area contributed by atoms with E-state index in [0.29, 0.717) is 18.9 Å². The van der Waals surface area contributed by atoms with Crippen molar-refractivity contribution in [2.75, 3.05) is 32.3 Å². The molecule has 594 valence electrons. The van der Waals surface area contributed by atoms with Crippen LogP contribution in [-0.4, -0.2) is 281 Å². The summed E-state index contributed by atoms with van der Waals surface area (Å²) < 4.78 is 116. The molecular weight excluding hydrogens is 1520 g/mol. The second-order valence-corrected chi connectivity index (χ2v) is 32.1. The summed E-state index contributed by atoms with van der Waals surface area (Å²) in [6.07, 6.45) is -1.93. The van der Waals surface area contributed by atoms with Gasteiger partial charge in [0.15, 0.2) is 95.6 Å². The summed E-state index contributed by atoms with van der Waals surface area (Å²) >= 11 is 0. The number of amidine groups is 5. The first-order valence-electron chi connectivity index (χ1n) is 33.0. The number of aliphatic hydroxyl groups excluding tert-OH is 3. The molecule has 20 N–H and O–H groups in total. The molecule has 0 radical (unpaired) electrons. The molecule has 9 aliphatic heterocycles. The number of aromatic nitrogens is 15. The van der Waals surface area contributed by atoms with Crippen LogP contribution >= 0.6 is 35.6 Å². The van der Waals surface area contributed by atoms with Crippen LogP contribution in [0.15, 0.2) is 43.5 Å². The molecule has 0 aliphatic carbocycles. The van der Waals surface area contributed by atoms with E-state index in [1.165, 1.54) is 50.4 Å². The van der Waals surface area contributed by atoms with E-state index >= 15 is 0 Å². The van der Waals surface area contributed by atoms with Crippen molar-refractivity contribution in [3.63, 3.8) is 0 Å². The van der Waals surface area contributed by atoms with Gasteiger partial charge in [-0.2, -0.15) is 0 Å². The van der Waals surface area contributed by atoms with Crippen LogP contribution in [0.2, 0.25) is 0 Å². The van der Waals surface area contributed by atoms with Gasteiger partial charge in [0.2, 0.25) is 29.1 Å². The molecule has 0 amide bonds. The molecule has 5 aromatic heterocycles. The summed E-state index contributed by atoms with van der Waals surface area (Å²) in [6.45, 7) is 17.6. The largest absolute Gasteiger partial charge is 0.394 e. The third kappa shape index (κ3) is 19.8. The Labute approximate surface area is 622 Å². The molecule has 14 heterocycles. The standard InChI is InChI=1S/C13H21N5O4P.C13H19N5O4P.C11H17N5O4.C11H15N5O4.C9H16N5O6P.ClH/c2*1-13(2)21-8-7(4-5-23(3)19)20-12(9(8)22-13)18-6-16-11(17-18)10(14)15;2*1-11(2)19-6-5(3-17)18-10(7(6)20-11)16-4-14-9(15-16)8(12)13;10-7(11)8-12-3-14(13-8)9-6(16)5(15)4(20-9)1-2-21(17,18)19;/h6-9,12H,4-5H2,1-3H3,(H3,14,15);4-9,12H,1-3H3,(H3,14,15);4-7,10,17H,3H2,1-2H3,(H3,12,13);3-7,10H,1-2H3,(H3,12,13);3-6,9,15-16H,1-2H2,(H3,10,11)(H2,17,18,19);1H/q2*+1;;;;/b;5-4+;;;;. The van der Waals surface area contributed by atoms with Crippen molar-refractivity contribution < 1.29 is 105 Å². The Bertz CT molecular complexity index is 4170. The predicted molar refractivity (Wildman–Crippen MR) is 370 cm³/mol. The fraction of sp³-hybridized carbons (Fsp3) is 0.684. The Morgan fingerprint density at radius 3 is 1.12 bits per heavy atom. The molecule has 0 saturated carbocycles. The van der Waals surface area contributed by atoms with E-state index in [4.69, 9.17) is 127 Å². The second kappa shape index (κ2) is 33.6. The molecule has 22 unspecified atom stereocenters. The lowest BCUT2D eigenvalue weighted by molar-refractivity contribution is -0.201. The Balaban J connectivity index is 0.000000156. The Kier molecular flexibility index (Phi) is 26.3. The molecule has 0 aromatic carbocycles. The number of nitrogen functional groups attached to an aromatic ring is 5. The van der Waals surface area contributed by atoms with E-state index in [9.17, 15) is 33.8 Å². The van der Waals surface area contributed by atoms with Crippen molar-refractivity contribution in [2.45, 2.75) is 214 Å². The van der Waals surface area contributed by atoms with Gasteiger partial charge in [0.25, 0.3) is 0 Å². The summed E-state index contributed by atoms with van der Waals surface area (Å²) in [6, 6.07) is 0. The quantitative estimate of drug-likeness (QED) is 0.0175. The van der Waals surface area contributed by atoms with Gasteiger partial charge >= 0.3 is 23.2 Å². The van der Waals surface area contributed by atoms with Crippen LogP contribution in [0.3, 0.4) is 0 Å². The lowest BCUT2D eigenvalue weighted by Gasteiger charge is -2.23. The molecule has 9 saturated heterocycles. The number of aliphatic hydroxyl groups is 3. The average molecular weight is 1600 g/mol. The van der Waals surface area contributed by atoms with Gasteiger partial charge in [0, 0.05) is 6.42 Å². The molecule has 51 heteroatoms. The number of fused-ring (bicyclic) bond motifs is 4. The number of nitrogens with one attached hydrogen (secondary N) is 5. The number of halogens is 1. The summed E-state index contributed by atoms with van der Waals surface area (Å²) in [4.78, 5) is 48.3. The third-order valence-corrected chi connectivity index (χ3v) is 19.3. The van der Waals surface area contributed by atoms with E-state index in [-0.39, 0.29) is 114 Å². The Morgan fingerprint density at radius 1 is 0.481 bits per heavy atom. The van der Waals surface area contributed by atoms with Gasteiger partial charge in [-0.3, -0.25) is 31.6 Å². The van der Waals surface area contributed by atoms with Crippen LogP contribution in [0.4, 0.5) is 0 Å². The van der Waals surface area contributed by atoms with Crippen molar-refractivity contribution in [3.05, 3.63) is 72.7 Å². The third-order valence-electron chi connectivity index (χ3n) is 17.0. The summed E-state index contributed by atoms with van der Waals surface area (Å²) in [5, 5.41) is 86.0. The zero-order valence-electron chi connectivity index (χ0n) is 59.7. The maximum absolute atomic E-state index is 11.4. The number of ether oxygens (including phenoxy) is 13. The lowest BCUT2D eigenvalue weighted by atomic mass is 10.1. The van der Waals surface area contributed by atoms with Gasteiger partial charge in [-0.05, 0) is 67.9 Å². The number of rotatable bonds is 20. The van der Waals surface area contributed by atoms with Gasteiger partial charge in [-0.15, -0.1) is 37.9 Å². The van der Waals surface area contributed by atoms with Gasteiger partial charge < -0.3 is 120 Å². The minimum absolute atomic E-state index is 0. The lowest BCUT2D eigenvalue weighted by Crippen LogP contribution is -2.32. The zero-order valence-corrected chi connectivity index (χ0v) is 63.2. The number of carbonyl (C=O) groups is 1. The molecule has 5 aromatic rings. The first-order valence-corrected chi connectivity index (χ1v) is 38.4. The highest BCUT2D eigenvalue weighted by atomic mass is 35.5. The first-order chi connectivity index (χ1) is 50.0. The van der Waals surface area contributed by atoms with Crippen molar-refractivity contribution >= 4 is 71.1 Å². The number of nitrogens with two attached hydrogens (primary N) is 5. The molecule has 9 fully saturated rings. The summed E-state index contributed by atoms with van der Waals surface area (Å²) in [5.74, 6) is -2.22. The highest BCUT2D eigenvalue weighted by Gasteiger charge is 2.60. The minimum atomic E-state index is -4.22.